The Morgan fingerprint density at radius 1 is 1.21 bits per heavy atom. The van der Waals surface area contributed by atoms with Gasteiger partial charge >= 0.3 is 5.97 Å². The maximum absolute atomic E-state index is 12.2. The van der Waals surface area contributed by atoms with Crippen molar-refractivity contribution in [3.63, 3.8) is 0 Å². The van der Waals surface area contributed by atoms with E-state index >= 15 is 0 Å². The number of sulfonamides is 1. The highest BCUT2D eigenvalue weighted by atomic mass is 32.2. The first kappa shape index (κ1) is 17.6. The number of carbonyl (C=O) groups excluding carboxylic acids is 1. The number of amides is 1. The smallest absolute Gasteiger partial charge is 0.313 e. The van der Waals surface area contributed by atoms with Gasteiger partial charge in [0.25, 0.3) is 0 Å². The normalized spacial score (nSPS) is 31.5. The van der Waals surface area contributed by atoms with Crippen LogP contribution in [0.4, 0.5) is 0 Å². The van der Waals surface area contributed by atoms with E-state index in [1.54, 1.807) is 0 Å². The van der Waals surface area contributed by atoms with Crippen LogP contribution >= 0.6 is 0 Å². The molecule has 0 bridgehead atoms. The zero-order valence-corrected chi connectivity index (χ0v) is 14.7. The van der Waals surface area contributed by atoms with Crippen LogP contribution in [0.2, 0.25) is 0 Å². The van der Waals surface area contributed by atoms with Gasteiger partial charge in [-0.1, -0.05) is 12.8 Å². The first-order valence-electron chi connectivity index (χ1n) is 8.41. The highest BCUT2D eigenvalue weighted by Crippen LogP contribution is 2.45. The van der Waals surface area contributed by atoms with Gasteiger partial charge in [-0.25, -0.2) is 13.1 Å². The molecular formula is C15H25N3O5S. The molecule has 24 heavy (non-hydrogen) atoms. The Morgan fingerprint density at radius 3 is 2.42 bits per heavy atom. The molecule has 0 aromatic heterocycles. The minimum atomic E-state index is -3.44. The number of nitrogens with zero attached hydrogens (tertiary/aromatic N) is 2. The topological polar surface area (TPSA) is 107 Å². The summed E-state index contributed by atoms with van der Waals surface area (Å²) in [7, 11) is -3.44. The fourth-order valence-corrected chi connectivity index (χ4v) is 4.83. The molecule has 0 spiro atoms. The van der Waals surface area contributed by atoms with Gasteiger partial charge in [0.15, 0.2) is 0 Å². The van der Waals surface area contributed by atoms with Gasteiger partial charge in [-0.15, -0.1) is 0 Å². The second kappa shape index (κ2) is 6.27. The van der Waals surface area contributed by atoms with Gasteiger partial charge in [0.1, 0.15) is 5.41 Å². The molecular weight excluding hydrogens is 334 g/mol. The van der Waals surface area contributed by atoms with Crippen molar-refractivity contribution in [3.8, 4) is 0 Å². The predicted molar refractivity (Wildman–Crippen MR) is 86.8 cm³/mol. The molecule has 2 aliphatic heterocycles. The first-order valence-corrected chi connectivity index (χ1v) is 10.3. The number of rotatable bonds is 5. The molecule has 3 aliphatic rings. The second-order valence-corrected chi connectivity index (χ2v) is 9.23. The maximum Gasteiger partial charge on any atom is 0.313 e. The summed E-state index contributed by atoms with van der Waals surface area (Å²) in [5, 5.41) is 9.82. The number of hydrogen-bond acceptors (Lipinski definition) is 5. The third-order valence-corrected chi connectivity index (χ3v) is 6.41. The Morgan fingerprint density at radius 2 is 1.88 bits per heavy atom. The van der Waals surface area contributed by atoms with Crippen LogP contribution in [-0.2, 0) is 19.6 Å². The molecule has 9 heteroatoms. The molecule has 2 atom stereocenters. The molecule has 2 heterocycles. The van der Waals surface area contributed by atoms with E-state index in [1.165, 1.54) is 17.7 Å². The maximum atomic E-state index is 12.2. The zero-order chi connectivity index (χ0) is 17.5. The van der Waals surface area contributed by atoms with Crippen LogP contribution in [0.3, 0.4) is 0 Å². The molecule has 0 unspecified atom stereocenters. The molecule has 3 fully saturated rings. The molecule has 2 saturated heterocycles. The molecule has 1 saturated carbocycles. The lowest BCUT2D eigenvalue weighted by molar-refractivity contribution is -0.149. The standard InChI is InChI=1S/C15H25N3O5S/c1-24(22,23)16-6-13(19)18-8-11-7-17(12-4-2-3-5-12)9-15(11,10-18)14(20)21/h11-12,16H,2-10H2,1H3,(H,20,21)/t11-,15-/m1/s1. The number of likely N-dealkylation sites (tertiary alicyclic amines) is 2. The lowest BCUT2D eigenvalue weighted by Crippen LogP contribution is -2.45. The third kappa shape index (κ3) is 3.29. The molecule has 1 aliphatic carbocycles. The van der Waals surface area contributed by atoms with Crippen LogP contribution in [0.25, 0.3) is 0 Å². The quantitative estimate of drug-likeness (QED) is 0.674. The fraction of sp³-hybridized carbons (Fsp3) is 0.867. The number of carboxylic acid groups (broad SMARTS) is 1. The fourth-order valence-electron chi connectivity index (χ4n) is 4.45. The van der Waals surface area contributed by atoms with E-state index in [1.807, 2.05) is 0 Å². The van der Waals surface area contributed by atoms with E-state index < -0.39 is 21.4 Å². The van der Waals surface area contributed by atoms with Crippen molar-refractivity contribution in [3.05, 3.63) is 0 Å². The van der Waals surface area contributed by atoms with Gasteiger partial charge in [-0.3, -0.25) is 14.5 Å². The minimum Gasteiger partial charge on any atom is -0.481 e. The van der Waals surface area contributed by atoms with Crippen LogP contribution in [0.1, 0.15) is 25.7 Å². The van der Waals surface area contributed by atoms with Gasteiger partial charge in [0.05, 0.1) is 12.8 Å². The molecule has 2 N–H and O–H groups in total. The average Bonchev–Trinajstić information content (AvgIpc) is 3.16. The van der Waals surface area contributed by atoms with E-state index in [4.69, 9.17) is 0 Å². The Hall–Kier alpha value is -1.19. The third-order valence-electron chi connectivity index (χ3n) is 5.74. The summed E-state index contributed by atoms with van der Waals surface area (Å²) in [5.41, 5.74) is -0.913. The molecule has 1 amide bonds. The summed E-state index contributed by atoms with van der Waals surface area (Å²) in [6.07, 6.45) is 5.66. The van der Waals surface area contributed by atoms with Crippen molar-refractivity contribution >= 4 is 21.9 Å². The number of carboxylic acids is 1. The number of hydrogen-bond donors (Lipinski definition) is 2. The molecule has 0 aromatic rings. The van der Waals surface area contributed by atoms with Gasteiger partial charge in [0.2, 0.25) is 15.9 Å². The Labute approximate surface area is 142 Å². The van der Waals surface area contributed by atoms with Gasteiger partial charge in [-0.05, 0) is 12.8 Å². The Balaban J connectivity index is 1.67. The lowest BCUT2D eigenvalue weighted by Gasteiger charge is -2.28. The van der Waals surface area contributed by atoms with Crippen molar-refractivity contribution in [1.82, 2.24) is 14.5 Å². The second-order valence-electron chi connectivity index (χ2n) is 7.39. The summed E-state index contributed by atoms with van der Waals surface area (Å²) < 4.78 is 24.4. The van der Waals surface area contributed by atoms with E-state index in [2.05, 4.69) is 9.62 Å². The highest BCUT2D eigenvalue weighted by molar-refractivity contribution is 7.88. The monoisotopic (exact) mass is 359 g/mol. The molecule has 136 valence electrons. The van der Waals surface area contributed by atoms with E-state index in [-0.39, 0.29) is 24.9 Å². The number of carbonyl (C=O) groups is 2. The lowest BCUT2D eigenvalue weighted by atomic mass is 9.81. The summed E-state index contributed by atoms with van der Waals surface area (Å²) in [5.74, 6) is -1.29. The Bertz CT molecular complexity index is 631. The molecule has 0 aromatic carbocycles. The summed E-state index contributed by atoms with van der Waals surface area (Å²) in [6, 6.07) is 0.475. The van der Waals surface area contributed by atoms with Crippen molar-refractivity contribution in [2.45, 2.75) is 31.7 Å². The van der Waals surface area contributed by atoms with Gasteiger partial charge in [0, 0.05) is 38.1 Å². The minimum absolute atomic E-state index is 0.0854. The number of aliphatic carboxylic acids is 1. The SMILES string of the molecule is CS(=O)(=O)NCC(=O)N1C[C@H]2CN(C3CCCC3)C[C@@]2(C(=O)O)C1. The largest absolute Gasteiger partial charge is 0.481 e. The highest BCUT2D eigenvalue weighted by Gasteiger charge is 2.59. The van der Waals surface area contributed by atoms with E-state index in [0.29, 0.717) is 25.7 Å². The molecule has 8 nitrogen and oxygen atoms in total. The van der Waals surface area contributed by atoms with Crippen molar-refractivity contribution in [2.75, 3.05) is 39.0 Å². The van der Waals surface area contributed by atoms with Gasteiger partial charge in [-0.2, -0.15) is 0 Å². The zero-order valence-electron chi connectivity index (χ0n) is 13.9. The molecule has 3 rings (SSSR count). The van der Waals surface area contributed by atoms with E-state index in [9.17, 15) is 23.1 Å². The average molecular weight is 359 g/mol. The number of nitrogens with one attached hydrogen (secondary N) is 1. The van der Waals surface area contributed by atoms with E-state index in [0.717, 1.165) is 19.1 Å². The number of fused-ring (bicyclic) bond motifs is 1. The predicted octanol–water partition coefficient (Wildman–Crippen LogP) is -0.677. The van der Waals surface area contributed by atoms with Crippen LogP contribution in [-0.4, -0.2) is 80.2 Å². The van der Waals surface area contributed by atoms with Crippen LogP contribution in [0.15, 0.2) is 0 Å². The van der Waals surface area contributed by atoms with Crippen molar-refractivity contribution < 1.29 is 23.1 Å². The van der Waals surface area contributed by atoms with Crippen LogP contribution < -0.4 is 4.72 Å². The van der Waals surface area contributed by atoms with Crippen molar-refractivity contribution in [1.29, 1.82) is 0 Å². The van der Waals surface area contributed by atoms with Crippen molar-refractivity contribution in [2.24, 2.45) is 11.3 Å². The summed E-state index contributed by atoms with van der Waals surface area (Å²) in [4.78, 5) is 28.0. The first-order chi connectivity index (χ1) is 11.2. The summed E-state index contributed by atoms with van der Waals surface area (Å²) >= 11 is 0. The Kier molecular flexibility index (Phi) is 4.61. The van der Waals surface area contributed by atoms with Crippen LogP contribution in [0.5, 0.6) is 0 Å². The van der Waals surface area contributed by atoms with Crippen LogP contribution in [0, 0.1) is 11.3 Å². The molecule has 0 radical (unpaired) electrons. The summed E-state index contributed by atoms with van der Waals surface area (Å²) in [6.45, 7) is 1.44. The van der Waals surface area contributed by atoms with Gasteiger partial charge < -0.3 is 10.0 Å².